The van der Waals surface area contributed by atoms with Crippen molar-refractivity contribution < 1.29 is 39.3 Å². The zero-order valence-corrected chi connectivity index (χ0v) is 37.3. The van der Waals surface area contributed by atoms with E-state index in [1.54, 1.807) is 21.3 Å². The maximum atomic E-state index is 13.1. The minimum atomic E-state index is -2.87. The van der Waals surface area contributed by atoms with Crippen molar-refractivity contribution in [2.75, 3.05) is 27.9 Å². The highest BCUT2D eigenvalue weighted by Gasteiger charge is 2.56. The van der Waals surface area contributed by atoms with Gasteiger partial charge in [0.1, 0.15) is 0 Å². The van der Waals surface area contributed by atoms with Crippen molar-refractivity contribution >= 4 is 65.2 Å². The van der Waals surface area contributed by atoms with Gasteiger partial charge in [-0.05, 0) is 51.2 Å². The van der Waals surface area contributed by atoms with Crippen molar-refractivity contribution in [1.29, 1.82) is 0 Å². The zero-order valence-electron chi connectivity index (χ0n) is 30.3. The smallest absolute Gasteiger partial charge is 0.465 e. The third-order valence-electron chi connectivity index (χ3n) is 7.79. The lowest BCUT2D eigenvalue weighted by atomic mass is 10.2. The van der Waals surface area contributed by atoms with Gasteiger partial charge in [0.25, 0.3) is 0 Å². The molecule has 4 atom stereocenters. The molecule has 0 radical (unpaired) electrons. The topological polar surface area (TPSA) is 90.9 Å². The first-order valence-corrected chi connectivity index (χ1v) is 35.8. The monoisotopic (exact) mass is 730 g/mol. The first kappa shape index (κ1) is 41.7. The largest absolute Gasteiger partial charge is 0.500 e. The molecule has 1 aliphatic heterocycles. The predicted molar refractivity (Wildman–Crippen MR) is 193 cm³/mol. The Kier molecular flexibility index (Phi) is 16.2. The van der Waals surface area contributed by atoms with Crippen LogP contribution < -0.4 is 0 Å². The van der Waals surface area contributed by atoms with Gasteiger partial charge in [-0.2, -0.15) is 0 Å². The zero-order chi connectivity index (χ0) is 33.4. The molecule has 0 bridgehead atoms. The predicted octanol–water partition coefficient (Wildman–Crippen LogP) is 7.89. The summed E-state index contributed by atoms with van der Waals surface area (Å²) in [6.45, 7) is 27.5. The molecule has 0 aromatic heterocycles. The minimum absolute atomic E-state index is 0.239. The second-order valence-corrected chi connectivity index (χ2v) is 44.3. The summed E-state index contributed by atoms with van der Waals surface area (Å²) in [6, 6.07) is 5.47. The SMILES string of the molecule is CO[Si](CCCOC(=O)C(C)C[Si]1(C)O[Si](C)(C)O[Si](C)(CCC[Si](C)(C)C)O[Si](C)(CCC[Si](C)(C)C)O1)(OC)OC. The van der Waals surface area contributed by atoms with Crippen molar-refractivity contribution in [3.63, 3.8) is 0 Å². The van der Waals surface area contributed by atoms with Crippen molar-refractivity contribution in [2.45, 2.75) is 134 Å². The van der Waals surface area contributed by atoms with Crippen LogP contribution in [0.3, 0.4) is 0 Å². The van der Waals surface area contributed by atoms with E-state index in [4.69, 9.17) is 34.5 Å². The fourth-order valence-electron chi connectivity index (χ4n) is 6.00. The van der Waals surface area contributed by atoms with Gasteiger partial charge in [0, 0.05) is 49.6 Å². The van der Waals surface area contributed by atoms with Gasteiger partial charge in [-0.3, -0.25) is 4.79 Å². The molecule has 0 saturated carbocycles. The van der Waals surface area contributed by atoms with Crippen molar-refractivity contribution in [2.24, 2.45) is 5.92 Å². The molecule has 0 spiro atoms. The standard InChI is InChI=1S/C27H66O9Si7/c1-26(27(28)32-19-16-24-43(29-2,30-3)31-4)25-42(15)34-39(11,12)33-40(13,22-17-20-37(5,6)7)35-41(14,36-42)23-18-21-38(8,9)10/h26H,16-25H2,1-15H3. The molecule has 9 nitrogen and oxygen atoms in total. The Morgan fingerprint density at radius 2 is 1.07 bits per heavy atom. The summed E-state index contributed by atoms with van der Waals surface area (Å²) in [5, 5.41) is 0. The number of hydrogen-bond donors (Lipinski definition) is 0. The van der Waals surface area contributed by atoms with Crippen LogP contribution in [0.5, 0.6) is 0 Å². The Hall–Kier alpha value is 0.708. The van der Waals surface area contributed by atoms with E-state index in [9.17, 15) is 4.79 Å². The van der Waals surface area contributed by atoms with Crippen LogP contribution in [0, 0.1) is 5.92 Å². The van der Waals surface area contributed by atoms with E-state index < -0.39 is 59.2 Å². The third-order valence-corrected chi connectivity index (χ3v) is 32.5. The fraction of sp³-hybridized carbons (Fsp3) is 0.963. The molecule has 0 amide bonds. The number of esters is 1. The number of carbonyl (C=O) groups is 1. The molecule has 1 fully saturated rings. The van der Waals surface area contributed by atoms with Crippen LogP contribution >= 0.6 is 0 Å². The first-order chi connectivity index (χ1) is 19.4. The maximum Gasteiger partial charge on any atom is 0.500 e. The molecular weight excluding hydrogens is 665 g/mol. The van der Waals surface area contributed by atoms with Gasteiger partial charge in [0.15, 0.2) is 0 Å². The number of hydrogen-bond acceptors (Lipinski definition) is 9. The van der Waals surface area contributed by atoms with E-state index >= 15 is 0 Å². The van der Waals surface area contributed by atoms with Crippen LogP contribution in [-0.2, 0) is 39.3 Å². The Morgan fingerprint density at radius 1 is 0.651 bits per heavy atom. The van der Waals surface area contributed by atoms with E-state index in [0.717, 1.165) is 24.9 Å². The van der Waals surface area contributed by atoms with Crippen LogP contribution in [0.2, 0.25) is 108 Å². The molecule has 1 aliphatic rings. The minimum Gasteiger partial charge on any atom is -0.465 e. The lowest BCUT2D eigenvalue weighted by molar-refractivity contribution is -0.147. The highest BCUT2D eigenvalue weighted by molar-refractivity contribution is 6.93. The van der Waals surface area contributed by atoms with Crippen LogP contribution in [0.1, 0.15) is 26.2 Å². The molecule has 256 valence electrons. The van der Waals surface area contributed by atoms with Crippen LogP contribution in [-0.4, -0.2) is 93.1 Å². The van der Waals surface area contributed by atoms with E-state index in [-0.39, 0.29) is 18.5 Å². The highest BCUT2D eigenvalue weighted by atomic mass is 28.5. The van der Waals surface area contributed by atoms with Gasteiger partial charge in [0.2, 0.25) is 0 Å². The van der Waals surface area contributed by atoms with Crippen molar-refractivity contribution in [3.05, 3.63) is 0 Å². The molecule has 43 heavy (non-hydrogen) atoms. The molecular formula is C27H66O9Si7. The van der Waals surface area contributed by atoms with Gasteiger partial charge in [-0.25, -0.2) is 0 Å². The van der Waals surface area contributed by atoms with Gasteiger partial charge in [0.05, 0.1) is 12.5 Å². The molecule has 0 aliphatic carbocycles. The average molecular weight is 731 g/mol. The van der Waals surface area contributed by atoms with Crippen molar-refractivity contribution in [1.82, 2.24) is 0 Å². The molecule has 16 heteroatoms. The molecule has 0 N–H and O–H groups in total. The van der Waals surface area contributed by atoms with Crippen LogP contribution in [0.4, 0.5) is 0 Å². The Balaban J connectivity index is 3.10. The lowest BCUT2D eigenvalue weighted by Gasteiger charge is -2.50. The average Bonchev–Trinajstić information content (AvgIpc) is 2.80. The third kappa shape index (κ3) is 15.9. The van der Waals surface area contributed by atoms with E-state index in [2.05, 4.69) is 72.0 Å². The fourth-order valence-corrected chi connectivity index (χ4v) is 33.9. The summed E-state index contributed by atoms with van der Waals surface area (Å²) in [6.07, 6.45) is 2.82. The summed E-state index contributed by atoms with van der Waals surface area (Å²) >= 11 is 0. The summed E-state index contributed by atoms with van der Waals surface area (Å²) in [5.41, 5.74) is 0. The molecule has 0 aromatic rings. The lowest BCUT2D eigenvalue weighted by Crippen LogP contribution is -2.67. The normalized spacial score (nSPS) is 27.8. The van der Waals surface area contributed by atoms with Crippen LogP contribution in [0.25, 0.3) is 0 Å². The Bertz CT molecular complexity index is 858. The Labute approximate surface area is 271 Å². The first-order valence-electron chi connectivity index (χ1n) is 16.1. The summed E-state index contributed by atoms with van der Waals surface area (Å²) in [4.78, 5) is 13.1. The molecule has 1 heterocycles. The summed E-state index contributed by atoms with van der Waals surface area (Å²) in [5.74, 6) is -0.604. The van der Waals surface area contributed by atoms with Gasteiger partial charge < -0.3 is 34.5 Å². The van der Waals surface area contributed by atoms with Crippen molar-refractivity contribution in [3.8, 4) is 0 Å². The quantitative estimate of drug-likeness (QED) is 0.0794. The molecule has 0 aromatic carbocycles. The van der Waals surface area contributed by atoms with E-state index in [1.165, 1.54) is 12.1 Å². The maximum absolute atomic E-state index is 13.1. The molecule has 1 rings (SSSR count). The summed E-state index contributed by atoms with van der Waals surface area (Å²) in [7, 11) is -11.0. The second kappa shape index (κ2) is 16.7. The van der Waals surface area contributed by atoms with E-state index in [0.29, 0.717) is 18.5 Å². The Morgan fingerprint density at radius 3 is 1.51 bits per heavy atom. The van der Waals surface area contributed by atoms with Crippen LogP contribution in [0.15, 0.2) is 0 Å². The highest BCUT2D eigenvalue weighted by Crippen LogP contribution is 2.39. The van der Waals surface area contributed by atoms with E-state index in [1.807, 2.05) is 6.92 Å². The van der Waals surface area contributed by atoms with Gasteiger partial charge in [-0.1, -0.05) is 71.1 Å². The van der Waals surface area contributed by atoms with Gasteiger partial charge >= 0.3 is 49.0 Å². The van der Waals surface area contributed by atoms with Gasteiger partial charge in [-0.15, -0.1) is 0 Å². The molecule has 4 unspecified atom stereocenters. The summed E-state index contributed by atoms with van der Waals surface area (Å²) < 4.78 is 50.5. The molecule has 1 saturated heterocycles. The second-order valence-electron chi connectivity index (χ2n) is 15.7. The number of ether oxygens (including phenoxy) is 1. The number of rotatable bonds is 18. The number of carbonyl (C=O) groups excluding carboxylic acids is 1.